The Hall–Kier alpha value is -2.38. The van der Waals surface area contributed by atoms with Crippen molar-refractivity contribution in [3.63, 3.8) is 0 Å². The molecule has 2 atom stereocenters. The SMILES string of the molecule is CN(C)C(=O)c1c(N)ccc(-c2cnc3c(c2Cl)[C@]2(CC[C@H](N4CCCC4)C2)CN3)c1F. The number of nitrogens with two attached hydrogens (primary N) is 1. The average Bonchev–Trinajstić information content (AvgIpc) is 3.50. The van der Waals surface area contributed by atoms with Crippen molar-refractivity contribution in [2.75, 3.05) is 44.8 Å². The topological polar surface area (TPSA) is 74.5 Å². The number of halogens is 2. The summed E-state index contributed by atoms with van der Waals surface area (Å²) >= 11 is 6.99. The zero-order valence-electron chi connectivity index (χ0n) is 18.5. The number of nitrogen functional groups attached to an aromatic ring is 1. The van der Waals surface area contributed by atoms with Crippen molar-refractivity contribution in [2.45, 2.75) is 43.6 Å². The van der Waals surface area contributed by atoms with Gasteiger partial charge in [-0.1, -0.05) is 11.6 Å². The lowest BCUT2D eigenvalue weighted by Gasteiger charge is -2.28. The first-order valence-electron chi connectivity index (χ1n) is 11.3. The molecule has 1 aromatic heterocycles. The van der Waals surface area contributed by atoms with Crippen LogP contribution in [0.5, 0.6) is 0 Å². The largest absolute Gasteiger partial charge is 0.398 e. The number of rotatable bonds is 3. The first-order chi connectivity index (χ1) is 15.3. The highest BCUT2D eigenvalue weighted by atomic mass is 35.5. The quantitative estimate of drug-likeness (QED) is 0.677. The molecular weight excluding hydrogens is 429 g/mol. The number of nitrogens with zero attached hydrogens (tertiary/aromatic N) is 3. The van der Waals surface area contributed by atoms with Crippen LogP contribution in [0.3, 0.4) is 0 Å². The summed E-state index contributed by atoms with van der Waals surface area (Å²) in [4.78, 5) is 21.1. The molecule has 3 N–H and O–H groups in total. The van der Waals surface area contributed by atoms with Gasteiger partial charge in [-0.05, 0) is 57.3 Å². The maximum absolute atomic E-state index is 15.6. The summed E-state index contributed by atoms with van der Waals surface area (Å²) in [5.74, 6) is -0.343. The molecule has 3 aliphatic rings. The fraction of sp³-hybridized carbons (Fsp3) is 0.500. The minimum absolute atomic E-state index is 0.0880. The number of benzene rings is 1. The Labute approximate surface area is 192 Å². The van der Waals surface area contributed by atoms with Crippen LogP contribution in [0.15, 0.2) is 18.3 Å². The average molecular weight is 458 g/mol. The molecule has 0 bridgehead atoms. The van der Waals surface area contributed by atoms with E-state index in [0.29, 0.717) is 16.6 Å². The zero-order chi connectivity index (χ0) is 22.6. The molecule has 2 aromatic rings. The van der Waals surface area contributed by atoms with E-state index in [0.717, 1.165) is 37.2 Å². The maximum Gasteiger partial charge on any atom is 0.258 e. The monoisotopic (exact) mass is 457 g/mol. The summed E-state index contributed by atoms with van der Waals surface area (Å²) in [5.41, 5.74) is 7.59. The lowest BCUT2D eigenvalue weighted by atomic mass is 9.80. The molecule has 0 unspecified atom stereocenters. The van der Waals surface area contributed by atoms with Gasteiger partial charge in [0.05, 0.1) is 10.6 Å². The van der Waals surface area contributed by atoms with E-state index < -0.39 is 11.7 Å². The Kier molecular flexibility index (Phi) is 5.29. The number of aromatic nitrogens is 1. The van der Waals surface area contributed by atoms with Gasteiger partial charge in [0.2, 0.25) is 0 Å². The van der Waals surface area contributed by atoms with E-state index in [4.69, 9.17) is 17.3 Å². The van der Waals surface area contributed by atoms with Gasteiger partial charge in [0, 0.05) is 60.7 Å². The molecule has 170 valence electrons. The molecule has 1 amide bonds. The van der Waals surface area contributed by atoms with Crippen molar-refractivity contribution in [3.8, 4) is 11.1 Å². The number of carbonyl (C=O) groups is 1. The third kappa shape index (κ3) is 3.25. The second kappa shape index (κ2) is 7.89. The maximum atomic E-state index is 15.6. The van der Waals surface area contributed by atoms with E-state index >= 15 is 4.39 Å². The fourth-order valence-electron chi connectivity index (χ4n) is 5.78. The minimum atomic E-state index is -0.659. The molecule has 5 rings (SSSR count). The summed E-state index contributed by atoms with van der Waals surface area (Å²) in [7, 11) is 3.15. The van der Waals surface area contributed by atoms with Gasteiger partial charge >= 0.3 is 0 Å². The molecule has 1 spiro atoms. The first-order valence-corrected chi connectivity index (χ1v) is 11.7. The van der Waals surface area contributed by atoms with Gasteiger partial charge in [-0.25, -0.2) is 9.37 Å². The molecule has 2 fully saturated rings. The number of amides is 1. The van der Waals surface area contributed by atoms with Crippen LogP contribution < -0.4 is 11.1 Å². The molecule has 1 aliphatic carbocycles. The van der Waals surface area contributed by atoms with E-state index in [9.17, 15) is 4.79 Å². The highest BCUT2D eigenvalue weighted by Crippen LogP contribution is 2.53. The smallest absolute Gasteiger partial charge is 0.258 e. The van der Waals surface area contributed by atoms with Gasteiger partial charge in [-0.2, -0.15) is 0 Å². The predicted octanol–water partition coefficient (Wildman–Crippen LogP) is 4.14. The van der Waals surface area contributed by atoms with Crippen LogP contribution in [-0.4, -0.2) is 60.5 Å². The molecule has 2 aliphatic heterocycles. The van der Waals surface area contributed by atoms with Crippen LogP contribution in [-0.2, 0) is 5.41 Å². The highest BCUT2D eigenvalue weighted by molar-refractivity contribution is 6.34. The normalized spacial score (nSPS) is 24.7. The Morgan fingerprint density at radius 2 is 2.06 bits per heavy atom. The number of hydrogen-bond donors (Lipinski definition) is 2. The number of fused-ring (bicyclic) bond motifs is 2. The summed E-state index contributed by atoms with van der Waals surface area (Å²) in [6.45, 7) is 3.15. The van der Waals surface area contributed by atoms with Gasteiger partial charge in [0.15, 0.2) is 0 Å². The number of anilines is 2. The summed E-state index contributed by atoms with van der Waals surface area (Å²) in [6.07, 6.45) is 7.35. The van der Waals surface area contributed by atoms with Crippen LogP contribution in [0.2, 0.25) is 5.02 Å². The number of likely N-dealkylation sites (tertiary alicyclic amines) is 1. The van der Waals surface area contributed by atoms with Crippen molar-refractivity contribution in [1.82, 2.24) is 14.8 Å². The predicted molar refractivity (Wildman–Crippen MR) is 126 cm³/mol. The molecule has 8 heteroatoms. The van der Waals surface area contributed by atoms with Crippen molar-refractivity contribution in [1.29, 1.82) is 0 Å². The van der Waals surface area contributed by atoms with Crippen molar-refractivity contribution < 1.29 is 9.18 Å². The van der Waals surface area contributed by atoms with Gasteiger partial charge < -0.3 is 20.9 Å². The lowest BCUT2D eigenvalue weighted by Crippen LogP contribution is -2.34. The fourth-order valence-corrected chi connectivity index (χ4v) is 6.22. The van der Waals surface area contributed by atoms with E-state index in [1.807, 2.05) is 0 Å². The van der Waals surface area contributed by atoms with E-state index in [1.165, 1.54) is 30.8 Å². The Morgan fingerprint density at radius 1 is 1.31 bits per heavy atom. The summed E-state index contributed by atoms with van der Waals surface area (Å²) < 4.78 is 15.6. The third-order valence-corrected chi connectivity index (χ3v) is 7.86. The van der Waals surface area contributed by atoms with Crippen molar-refractivity contribution in [2.24, 2.45) is 0 Å². The molecule has 1 saturated heterocycles. The van der Waals surface area contributed by atoms with E-state index in [2.05, 4.69) is 15.2 Å². The van der Waals surface area contributed by atoms with E-state index in [-0.39, 0.29) is 22.2 Å². The Balaban J connectivity index is 1.56. The van der Waals surface area contributed by atoms with Gasteiger partial charge in [0.1, 0.15) is 11.6 Å². The van der Waals surface area contributed by atoms with Crippen LogP contribution in [0, 0.1) is 5.82 Å². The molecule has 3 heterocycles. The van der Waals surface area contributed by atoms with Crippen LogP contribution in [0.4, 0.5) is 15.9 Å². The van der Waals surface area contributed by atoms with Crippen LogP contribution in [0.25, 0.3) is 11.1 Å². The number of carbonyl (C=O) groups excluding carboxylic acids is 1. The van der Waals surface area contributed by atoms with E-state index in [1.54, 1.807) is 32.4 Å². The Bertz CT molecular complexity index is 1080. The van der Waals surface area contributed by atoms with Crippen molar-refractivity contribution in [3.05, 3.63) is 40.3 Å². The van der Waals surface area contributed by atoms with Crippen molar-refractivity contribution >= 4 is 29.0 Å². The number of nitrogens with one attached hydrogen (secondary N) is 1. The Morgan fingerprint density at radius 3 is 2.78 bits per heavy atom. The van der Waals surface area contributed by atoms with Gasteiger partial charge in [0.25, 0.3) is 5.91 Å². The van der Waals surface area contributed by atoms with Crippen LogP contribution >= 0.6 is 11.6 Å². The highest BCUT2D eigenvalue weighted by Gasteiger charge is 2.49. The number of pyridine rings is 1. The van der Waals surface area contributed by atoms with Crippen LogP contribution in [0.1, 0.15) is 48.0 Å². The van der Waals surface area contributed by atoms with Gasteiger partial charge in [-0.15, -0.1) is 0 Å². The molecule has 1 aromatic carbocycles. The molecule has 0 radical (unpaired) electrons. The second-order valence-electron chi connectivity index (χ2n) is 9.57. The van der Waals surface area contributed by atoms with Gasteiger partial charge in [-0.3, -0.25) is 4.79 Å². The molecular formula is C24H29ClFN5O. The summed E-state index contributed by atoms with van der Waals surface area (Å²) in [5, 5.41) is 3.97. The standard InChI is InChI=1S/C24H29ClFN5O/c1-30(2)23(32)18-17(27)6-5-15(21(18)26)16-12-28-22-19(20(16)25)24(13-29-22)8-7-14(11-24)31-9-3-4-10-31/h5-6,12,14H,3-4,7-11,13,27H2,1-2H3,(H,28,29)/t14-,24-/m0/s1. The molecule has 1 saturated carbocycles. The lowest BCUT2D eigenvalue weighted by molar-refractivity contribution is 0.0824. The second-order valence-corrected chi connectivity index (χ2v) is 9.95. The molecule has 6 nitrogen and oxygen atoms in total. The molecule has 32 heavy (non-hydrogen) atoms. The first kappa shape index (κ1) is 21.5. The number of hydrogen-bond acceptors (Lipinski definition) is 5. The summed E-state index contributed by atoms with van der Waals surface area (Å²) in [6, 6.07) is 3.71. The zero-order valence-corrected chi connectivity index (χ0v) is 19.3. The third-order valence-electron chi connectivity index (χ3n) is 7.46. The minimum Gasteiger partial charge on any atom is -0.398 e.